The Bertz CT molecular complexity index is 2020. The number of dihydropyridines is 1. The minimum Gasteiger partial charge on any atom is -0.543 e. The van der Waals surface area contributed by atoms with E-state index in [0.717, 1.165) is 12.3 Å². The molecule has 3 atom stereocenters. The lowest BCUT2D eigenvalue weighted by molar-refractivity contribution is -0.301. The van der Waals surface area contributed by atoms with Gasteiger partial charge in [-0.05, 0) is 35.9 Å². The molecular formula is C33H28N4O12S. The maximum Gasteiger partial charge on any atom is 0.341 e. The second-order valence-electron chi connectivity index (χ2n) is 10.8. The highest BCUT2D eigenvalue weighted by Crippen LogP contribution is 2.40. The van der Waals surface area contributed by atoms with Gasteiger partial charge in [-0.15, -0.1) is 11.8 Å². The summed E-state index contributed by atoms with van der Waals surface area (Å²) in [6, 6.07) is 6.77. The molecule has 2 aromatic carbocycles. The molecule has 258 valence electrons. The number of aromatic hydroxyl groups is 2. The van der Waals surface area contributed by atoms with Gasteiger partial charge in [0.2, 0.25) is 17.1 Å². The molecule has 16 nitrogen and oxygen atoms in total. The van der Waals surface area contributed by atoms with Crippen LogP contribution in [0.15, 0.2) is 81.6 Å². The number of hydrogen-bond donors (Lipinski definition) is 6. The van der Waals surface area contributed by atoms with Gasteiger partial charge in [0.25, 0.3) is 17.5 Å². The molecule has 6 rings (SSSR count). The standard InChI is InChI=1S/C25H19N3O9.C8H9NO3S/c29-18-6-5-16-21(32)17(11-37-23(16)22(18)33)24(34)28-20(25(35)27-14-7-9-26-10-8-14)13-1-3-15(4-2-13)36-12-19(30)31;1-4-6(10)9-5(8(11)12)2-3-13-7(4)9/h1-7,10-11,20,26H,9,12H2,(H4-,27,28,29,30,31,32,33,34,35);2,4,7H,3H2,1H3,(H,11,12)/t;4-,7+/m.1/s1. The van der Waals surface area contributed by atoms with E-state index >= 15 is 0 Å². The first-order valence-corrected chi connectivity index (χ1v) is 15.8. The first-order valence-electron chi connectivity index (χ1n) is 14.8. The molecule has 17 heteroatoms. The Kier molecular flexibility index (Phi) is 10.4. The van der Waals surface area contributed by atoms with Crippen LogP contribution in [-0.4, -0.2) is 74.2 Å². The van der Waals surface area contributed by atoms with E-state index in [0.29, 0.717) is 23.6 Å². The number of carboxylic acids is 2. The summed E-state index contributed by atoms with van der Waals surface area (Å²) in [5.74, 6) is -4.46. The van der Waals surface area contributed by atoms with Gasteiger partial charge in [0, 0.05) is 5.75 Å². The number of phenolic OH excluding ortho intramolecular Hbond substituents is 2. The third-order valence-corrected chi connectivity index (χ3v) is 8.90. The van der Waals surface area contributed by atoms with Gasteiger partial charge in [0.15, 0.2) is 17.9 Å². The fourth-order valence-corrected chi connectivity index (χ4v) is 6.25. The van der Waals surface area contributed by atoms with Crippen molar-refractivity contribution >= 4 is 52.4 Å². The van der Waals surface area contributed by atoms with Crippen molar-refractivity contribution in [2.45, 2.75) is 18.3 Å². The number of aliphatic carboxylic acids is 2. The first-order chi connectivity index (χ1) is 23.9. The van der Waals surface area contributed by atoms with Crippen molar-refractivity contribution in [1.29, 1.82) is 0 Å². The number of thioether (sulfide) groups is 1. The zero-order valence-corrected chi connectivity index (χ0v) is 26.8. The molecule has 4 heterocycles. The van der Waals surface area contributed by atoms with E-state index in [-0.39, 0.29) is 39.6 Å². The van der Waals surface area contributed by atoms with Crippen LogP contribution in [-0.2, 0) is 19.2 Å². The van der Waals surface area contributed by atoms with Crippen molar-refractivity contribution in [3.05, 3.63) is 99.8 Å². The lowest BCUT2D eigenvalue weighted by atomic mass is 9.99. The Labute approximate surface area is 286 Å². The maximum absolute atomic E-state index is 13.1. The van der Waals surface area contributed by atoms with Crippen molar-refractivity contribution in [3.8, 4) is 17.2 Å². The van der Waals surface area contributed by atoms with Gasteiger partial charge in [-0.2, -0.15) is 0 Å². The number of fused-ring (bicyclic) bond motifs is 2. The van der Waals surface area contributed by atoms with Gasteiger partial charge in [-0.1, -0.05) is 19.1 Å². The molecule has 1 saturated heterocycles. The van der Waals surface area contributed by atoms with Crippen LogP contribution < -0.4 is 31.2 Å². The summed E-state index contributed by atoms with van der Waals surface area (Å²) in [5.41, 5.74) is -0.822. The van der Waals surface area contributed by atoms with Gasteiger partial charge in [-0.3, -0.25) is 29.4 Å². The molecule has 0 saturated carbocycles. The highest BCUT2D eigenvalue weighted by atomic mass is 32.2. The number of benzene rings is 2. The van der Waals surface area contributed by atoms with E-state index in [1.807, 2.05) is 6.92 Å². The summed E-state index contributed by atoms with van der Waals surface area (Å²) in [4.78, 5) is 73.1. The van der Waals surface area contributed by atoms with Crippen molar-refractivity contribution in [1.82, 2.24) is 20.9 Å². The number of carbonyl (C=O) groups excluding carboxylic acids is 4. The highest BCUT2D eigenvalue weighted by Gasteiger charge is 2.47. The lowest BCUT2D eigenvalue weighted by Gasteiger charge is -2.48. The molecule has 1 unspecified atom stereocenters. The number of amides is 3. The van der Waals surface area contributed by atoms with Crippen LogP contribution in [0.4, 0.5) is 0 Å². The average molecular weight is 705 g/mol. The summed E-state index contributed by atoms with van der Waals surface area (Å²) >= 11 is 1.58. The number of hydrogen-bond acceptors (Lipinski definition) is 13. The van der Waals surface area contributed by atoms with Crippen LogP contribution in [0.5, 0.6) is 17.2 Å². The molecule has 0 spiro atoms. The summed E-state index contributed by atoms with van der Waals surface area (Å²) < 4.78 is 10.3. The van der Waals surface area contributed by atoms with Gasteiger partial charge in [-0.25, -0.2) is 4.79 Å². The zero-order valence-electron chi connectivity index (χ0n) is 26.0. The van der Waals surface area contributed by atoms with E-state index in [1.54, 1.807) is 17.8 Å². The molecule has 1 fully saturated rings. The Hall–Kier alpha value is -6.32. The molecule has 0 aliphatic carbocycles. The third-order valence-electron chi connectivity index (χ3n) is 7.59. The smallest absolute Gasteiger partial charge is 0.341 e. The Morgan fingerprint density at radius 2 is 1.88 bits per heavy atom. The molecular weight excluding hydrogens is 676 g/mol. The van der Waals surface area contributed by atoms with Gasteiger partial charge in [0.05, 0.1) is 34.4 Å². The minimum atomic E-state index is -1.29. The number of carboxylic acid groups (broad SMARTS) is 2. The molecule has 0 radical (unpaired) electrons. The second-order valence-corrected chi connectivity index (χ2v) is 12.0. The maximum atomic E-state index is 13.1. The summed E-state index contributed by atoms with van der Waals surface area (Å²) in [7, 11) is 0. The largest absolute Gasteiger partial charge is 0.543 e. The van der Waals surface area contributed by atoms with Crippen molar-refractivity contribution in [2.24, 2.45) is 5.92 Å². The number of rotatable bonds is 9. The molecule has 3 aliphatic rings. The number of ether oxygens (including phenoxy) is 1. The van der Waals surface area contributed by atoms with Crippen LogP contribution in [0.25, 0.3) is 11.0 Å². The number of nitrogens with one attached hydrogen (secondary N) is 3. The quantitative estimate of drug-likeness (QED) is 0.0992. The summed E-state index contributed by atoms with van der Waals surface area (Å²) in [6.07, 6.45) is 8.35. The van der Waals surface area contributed by atoms with Crippen LogP contribution in [0.1, 0.15) is 28.9 Å². The summed E-state index contributed by atoms with van der Waals surface area (Å²) in [5, 5.41) is 46.8. The highest BCUT2D eigenvalue weighted by molar-refractivity contribution is 8.00. The zero-order chi connectivity index (χ0) is 36.1. The van der Waals surface area contributed by atoms with Crippen LogP contribution in [0.2, 0.25) is 0 Å². The fraction of sp³-hybridized carbons (Fsp3) is 0.212. The SMILES string of the molecule is C[C@@H]1C(=O)N2C(C(=O)[O-])=CCS[C@@H]12.O=C(O)COc1ccc(C(NC(=O)c2coc3c(O)c(O)ccc3c2=O)C(=O)NC2=CCNC=[C+]2)cc1. The Morgan fingerprint density at radius 1 is 1.14 bits per heavy atom. The minimum absolute atomic E-state index is 0.00500. The van der Waals surface area contributed by atoms with Gasteiger partial charge >= 0.3 is 5.97 Å². The van der Waals surface area contributed by atoms with E-state index in [2.05, 4.69) is 22.0 Å². The van der Waals surface area contributed by atoms with Crippen molar-refractivity contribution in [2.75, 3.05) is 18.9 Å². The second kappa shape index (κ2) is 14.8. The molecule has 6 N–H and O–H groups in total. The molecule has 3 aliphatic heterocycles. The lowest BCUT2D eigenvalue weighted by Crippen LogP contribution is -2.60. The predicted molar refractivity (Wildman–Crippen MR) is 173 cm³/mol. The van der Waals surface area contributed by atoms with E-state index in [9.17, 15) is 44.1 Å². The molecule has 3 aromatic rings. The molecule has 3 amide bonds. The Balaban J connectivity index is 0.000000311. The number of carbonyl (C=O) groups is 5. The monoisotopic (exact) mass is 704 g/mol. The van der Waals surface area contributed by atoms with Gasteiger partial charge < -0.3 is 45.0 Å². The number of nitrogens with zero attached hydrogens (tertiary/aromatic N) is 1. The molecule has 0 bridgehead atoms. The fourth-order valence-electron chi connectivity index (χ4n) is 5.03. The third kappa shape index (κ3) is 7.38. The predicted octanol–water partition coefficient (Wildman–Crippen LogP) is 0.230. The van der Waals surface area contributed by atoms with Crippen molar-refractivity contribution in [3.63, 3.8) is 0 Å². The van der Waals surface area contributed by atoms with Gasteiger partial charge in [0.1, 0.15) is 42.4 Å². The summed E-state index contributed by atoms with van der Waals surface area (Å²) in [6.45, 7) is 1.71. The number of allylic oxidation sites excluding steroid dienone is 1. The topological polar surface area (TPSA) is 248 Å². The Morgan fingerprint density at radius 3 is 2.54 bits per heavy atom. The average Bonchev–Trinajstić information content (AvgIpc) is 3.11. The normalized spacial score (nSPS) is 17.9. The van der Waals surface area contributed by atoms with Crippen LogP contribution in [0.3, 0.4) is 0 Å². The molecule has 50 heavy (non-hydrogen) atoms. The van der Waals surface area contributed by atoms with Crippen molar-refractivity contribution < 1.29 is 53.6 Å². The van der Waals surface area contributed by atoms with Crippen LogP contribution >= 0.6 is 11.8 Å². The van der Waals surface area contributed by atoms with E-state index in [4.69, 9.17) is 14.3 Å². The van der Waals surface area contributed by atoms with E-state index < -0.39 is 58.9 Å². The first kappa shape index (κ1) is 35.0. The molecule has 1 aromatic heterocycles. The van der Waals surface area contributed by atoms with Crippen LogP contribution in [0, 0.1) is 12.0 Å². The number of β-lactam (4-membered cyclic amide) rings is 1. The van der Waals surface area contributed by atoms with E-state index in [1.165, 1.54) is 47.5 Å². The number of phenols is 2.